The Kier molecular flexibility index (Phi) is 3.94. The van der Waals surface area contributed by atoms with Gasteiger partial charge in [-0.1, -0.05) is 6.07 Å². The second-order valence-electron chi connectivity index (χ2n) is 2.98. The van der Waals surface area contributed by atoms with Crippen molar-refractivity contribution in [3.05, 3.63) is 23.8 Å². The van der Waals surface area contributed by atoms with Crippen LogP contribution in [0.25, 0.3) is 0 Å². The predicted octanol–water partition coefficient (Wildman–Crippen LogP) is 1.59. The van der Waals surface area contributed by atoms with Crippen LogP contribution in [0.1, 0.15) is 5.56 Å². The summed E-state index contributed by atoms with van der Waals surface area (Å²) in [6.45, 7) is -0.933. The molecule has 1 atom stereocenters. The molecule has 0 aliphatic rings. The highest BCUT2D eigenvalue weighted by Gasteiger charge is 2.28. The summed E-state index contributed by atoms with van der Waals surface area (Å²) in [4.78, 5) is 0. The van der Waals surface area contributed by atoms with Gasteiger partial charge < -0.3 is 10.5 Å². The molecule has 15 heavy (non-hydrogen) atoms. The van der Waals surface area contributed by atoms with E-state index < -0.39 is 12.8 Å². The van der Waals surface area contributed by atoms with E-state index in [1.165, 1.54) is 6.07 Å². The molecule has 6 heteroatoms. The molecule has 0 saturated heterocycles. The van der Waals surface area contributed by atoms with Crippen LogP contribution in [0.2, 0.25) is 0 Å². The smallest absolute Gasteiger partial charge is 0.422 e. The predicted molar refractivity (Wildman–Crippen MR) is 55.2 cm³/mol. The molecule has 0 bridgehead atoms. The molecule has 0 heterocycles. The first-order valence-electron chi connectivity index (χ1n) is 4.20. The summed E-state index contributed by atoms with van der Waals surface area (Å²) in [5.74, 6) is 0.203. The van der Waals surface area contributed by atoms with Gasteiger partial charge in [-0.2, -0.15) is 13.2 Å². The Balaban J connectivity index is 2.70. The van der Waals surface area contributed by atoms with Crippen LogP contribution in [0.4, 0.5) is 13.2 Å². The second kappa shape index (κ2) is 4.81. The van der Waals surface area contributed by atoms with Crippen molar-refractivity contribution < 1.29 is 17.9 Å². The molecule has 0 saturated carbocycles. The lowest BCUT2D eigenvalue weighted by atomic mass is 10.2. The minimum absolute atomic E-state index is 0.203. The number of ether oxygens (including phenoxy) is 1. The minimum atomic E-state index is -4.32. The molecule has 1 unspecified atom stereocenters. The van der Waals surface area contributed by atoms with E-state index in [-0.39, 0.29) is 5.75 Å². The van der Waals surface area contributed by atoms with Gasteiger partial charge in [0.1, 0.15) is 5.75 Å². The number of rotatable bonds is 3. The van der Waals surface area contributed by atoms with E-state index in [2.05, 4.69) is 14.0 Å². The fraction of sp³-hybridized carbons (Fsp3) is 0.333. The molecule has 0 aliphatic carbocycles. The van der Waals surface area contributed by atoms with Crippen molar-refractivity contribution in [1.29, 1.82) is 0 Å². The second-order valence-corrected chi connectivity index (χ2v) is 3.60. The summed E-state index contributed by atoms with van der Waals surface area (Å²) in [7, 11) is 2.32. The third-order valence-corrected chi connectivity index (χ3v) is 2.15. The fourth-order valence-corrected chi connectivity index (χ4v) is 1.41. The summed E-state index contributed by atoms with van der Waals surface area (Å²) < 4.78 is 40.2. The number of hydrogen-bond donors (Lipinski definition) is 1. The molecule has 2 N–H and O–H groups in total. The number of nitrogens with two attached hydrogens (primary N) is 1. The average molecular weight is 237 g/mol. The van der Waals surface area contributed by atoms with Gasteiger partial charge in [-0.3, -0.25) is 0 Å². The molecular weight excluding hydrogens is 226 g/mol. The summed E-state index contributed by atoms with van der Waals surface area (Å²) >= 11 is 0. The van der Waals surface area contributed by atoms with Crippen LogP contribution in [0.5, 0.6) is 5.75 Å². The maximum absolute atomic E-state index is 11.9. The molecule has 0 spiro atoms. The first-order valence-corrected chi connectivity index (χ1v) is 4.78. The molecule has 0 aliphatic heterocycles. The lowest BCUT2D eigenvalue weighted by Gasteiger charge is -2.11. The summed E-state index contributed by atoms with van der Waals surface area (Å²) in [6, 6.07) is 4.80. The molecule has 0 radical (unpaired) electrons. The highest BCUT2D eigenvalue weighted by atomic mass is 31.0. The van der Waals surface area contributed by atoms with Crippen LogP contribution in [0.3, 0.4) is 0 Å². The lowest BCUT2D eigenvalue weighted by Crippen LogP contribution is -2.21. The largest absolute Gasteiger partial charge is 0.483 e. The lowest BCUT2D eigenvalue weighted by molar-refractivity contribution is -0.153. The van der Waals surface area contributed by atoms with Crippen molar-refractivity contribution in [3.63, 3.8) is 0 Å². The van der Waals surface area contributed by atoms with Crippen LogP contribution < -0.4 is 15.8 Å². The number of halogens is 3. The Bertz CT molecular complexity index is 341. The van der Waals surface area contributed by atoms with E-state index in [1.807, 2.05) is 0 Å². The van der Waals surface area contributed by atoms with Gasteiger partial charge in [-0.25, -0.2) is 0 Å². The Morgan fingerprint density at radius 1 is 1.33 bits per heavy atom. The van der Waals surface area contributed by atoms with Crippen molar-refractivity contribution >= 4 is 14.5 Å². The van der Waals surface area contributed by atoms with Crippen molar-refractivity contribution in [2.75, 3.05) is 6.61 Å². The third-order valence-electron chi connectivity index (χ3n) is 1.70. The van der Waals surface area contributed by atoms with Gasteiger partial charge in [0.15, 0.2) is 6.61 Å². The molecule has 2 nitrogen and oxygen atoms in total. The standard InChI is InChI=1S/C9H11F3NOP/c10-9(11,12)5-14-7-2-1-6(4-13)3-8(7)15/h1-3H,4-5,13,15H2. The molecule has 0 amide bonds. The molecule has 1 aromatic rings. The van der Waals surface area contributed by atoms with E-state index in [4.69, 9.17) is 5.73 Å². The molecular formula is C9H11F3NOP. The maximum Gasteiger partial charge on any atom is 0.422 e. The molecule has 0 aromatic heterocycles. The highest BCUT2D eigenvalue weighted by molar-refractivity contribution is 7.27. The van der Waals surface area contributed by atoms with Gasteiger partial charge in [-0.05, 0) is 17.7 Å². The van der Waals surface area contributed by atoms with E-state index in [0.29, 0.717) is 11.8 Å². The zero-order valence-electron chi connectivity index (χ0n) is 7.84. The van der Waals surface area contributed by atoms with Crippen LogP contribution in [0, 0.1) is 0 Å². The van der Waals surface area contributed by atoms with Crippen molar-refractivity contribution in [2.45, 2.75) is 12.7 Å². The van der Waals surface area contributed by atoms with Crippen LogP contribution in [0.15, 0.2) is 18.2 Å². The maximum atomic E-state index is 11.9. The Hall–Kier alpha value is -0.800. The van der Waals surface area contributed by atoms with Crippen LogP contribution in [-0.4, -0.2) is 12.8 Å². The van der Waals surface area contributed by atoms with Gasteiger partial charge in [0.05, 0.1) is 0 Å². The van der Waals surface area contributed by atoms with Gasteiger partial charge in [0.25, 0.3) is 0 Å². The van der Waals surface area contributed by atoms with Crippen LogP contribution >= 0.6 is 9.24 Å². The number of alkyl halides is 3. The quantitative estimate of drug-likeness (QED) is 0.810. The fourth-order valence-electron chi connectivity index (χ4n) is 1.02. The van der Waals surface area contributed by atoms with Crippen molar-refractivity contribution in [3.8, 4) is 5.75 Å². The number of hydrogen-bond acceptors (Lipinski definition) is 2. The van der Waals surface area contributed by atoms with Gasteiger partial charge in [-0.15, -0.1) is 9.24 Å². The SMILES string of the molecule is NCc1ccc(OCC(F)(F)F)c(P)c1. The zero-order valence-corrected chi connectivity index (χ0v) is 9.00. The monoisotopic (exact) mass is 237 g/mol. The first kappa shape index (κ1) is 12.3. The van der Waals surface area contributed by atoms with Gasteiger partial charge >= 0.3 is 6.18 Å². The zero-order chi connectivity index (χ0) is 11.5. The van der Waals surface area contributed by atoms with E-state index in [9.17, 15) is 13.2 Å². The van der Waals surface area contributed by atoms with Crippen molar-refractivity contribution in [1.82, 2.24) is 0 Å². The Morgan fingerprint density at radius 2 is 2.00 bits per heavy atom. The van der Waals surface area contributed by atoms with E-state index in [1.54, 1.807) is 12.1 Å². The van der Waals surface area contributed by atoms with Gasteiger partial charge in [0, 0.05) is 11.8 Å². The van der Waals surface area contributed by atoms with Crippen molar-refractivity contribution in [2.24, 2.45) is 5.73 Å². The summed E-state index contributed by atoms with van der Waals surface area (Å²) in [5.41, 5.74) is 6.23. The highest BCUT2D eigenvalue weighted by Crippen LogP contribution is 2.18. The summed E-state index contributed by atoms with van der Waals surface area (Å²) in [5, 5.41) is 0.571. The number of benzene rings is 1. The average Bonchev–Trinajstić information content (AvgIpc) is 2.14. The topological polar surface area (TPSA) is 35.2 Å². The minimum Gasteiger partial charge on any atom is -0.483 e. The Morgan fingerprint density at radius 3 is 2.47 bits per heavy atom. The molecule has 1 aromatic carbocycles. The first-order chi connectivity index (χ1) is 6.92. The normalized spacial score (nSPS) is 11.5. The van der Waals surface area contributed by atoms with E-state index in [0.717, 1.165) is 5.56 Å². The van der Waals surface area contributed by atoms with E-state index >= 15 is 0 Å². The third kappa shape index (κ3) is 4.06. The summed E-state index contributed by atoms with van der Waals surface area (Å²) in [6.07, 6.45) is -4.32. The van der Waals surface area contributed by atoms with Gasteiger partial charge in [0.2, 0.25) is 0 Å². The molecule has 84 valence electrons. The van der Waals surface area contributed by atoms with Crippen LogP contribution in [-0.2, 0) is 6.54 Å². The Labute approximate surface area is 87.8 Å². The molecule has 1 rings (SSSR count). The molecule has 0 fully saturated rings.